The van der Waals surface area contributed by atoms with Gasteiger partial charge in [0.25, 0.3) is 5.91 Å². The Kier molecular flexibility index (Phi) is 5.48. The summed E-state index contributed by atoms with van der Waals surface area (Å²) >= 11 is 12.2. The van der Waals surface area contributed by atoms with Gasteiger partial charge in [0.05, 0.1) is 16.3 Å². The largest absolute Gasteiger partial charge is 0.455 e. The molecule has 0 aliphatic carbocycles. The third kappa shape index (κ3) is 3.96. The van der Waals surface area contributed by atoms with Crippen LogP contribution in [0.3, 0.4) is 0 Å². The zero-order valence-electron chi connectivity index (χ0n) is 15.7. The van der Waals surface area contributed by atoms with E-state index in [1.165, 1.54) is 18.2 Å². The molecule has 0 aromatic heterocycles. The maximum atomic E-state index is 14.1. The van der Waals surface area contributed by atoms with E-state index < -0.39 is 5.82 Å². The molecule has 3 aromatic carbocycles. The number of amides is 1. The van der Waals surface area contributed by atoms with Crippen LogP contribution in [0.2, 0.25) is 10.0 Å². The minimum atomic E-state index is -0.514. The molecule has 0 unspecified atom stereocenters. The average molecular weight is 430 g/mol. The van der Waals surface area contributed by atoms with Crippen molar-refractivity contribution >= 4 is 34.8 Å². The summed E-state index contributed by atoms with van der Waals surface area (Å²) in [6, 6.07) is 14.7. The lowest BCUT2D eigenvalue weighted by Crippen LogP contribution is -2.36. The molecule has 0 N–H and O–H groups in total. The first-order chi connectivity index (χ1) is 13.9. The van der Waals surface area contributed by atoms with Crippen LogP contribution >= 0.6 is 23.2 Å². The number of ether oxygens (including phenoxy) is 1. The van der Waals surface area contributed by atoms with Crippen molar-refractivity contribution in [1.29, 1.82) is 0 Å². The molecule has 0 saturated carbocycles. The van der Waals surface area contributed by atoms with Gasteiger partial charge in [-0.15, -0.1) is 0 Å². The number of hydrogen-bond donors (Lipinski definition) is 0. The number of anilines is 1. The molecule has 0 radical (unpaired) electrons. The minimum absolute atomic E-state index is 0.136. The second-order valence-corrected chi connectivity index (χ2v) is 7.80. The zero-order valence-corrected chi connectivity index (χ0v) is 17.2. The molecule has 148 valence electrons. The summed E-state index contributed by atoms with van der Waals surface area (Å²) < 4.78 is 19.9. The van der Waals surface area contributed by atoms with Gasteiger partial charge in [-0.3, -0.25) is 4.79 Å². The summed E-state index contributed by atoms with van der Waals surface area (Å²) in [5, 5.41) is 0.788. The van der Waals surface area contributed by atoms with Gasteiger partial charge in [-0.2, -0.15) is 0 Å². The topological polar surface area (TPSA) is 29.5 Å². The highest BCUT2D eigenvalue weighted by atomic mass is 35.5. The molecule has 6 heteroatoms. The number of para-hydroxylation sites is 1. The van der Waals surface area contributed by atoms with Crippen molar-refractivity contribution < 1.29 is 13.9 Å². The van der Waals surface area contributed by atoms with E-state index in [1.54, 1.807) is 23.1 Å². The van der Waals surface area contributed by atoms with Crippen LogP contribution in [0.4, 0.5) is 10.1 Å². The van der Waals surface area contributed by atoms with Crippen molar-refractivity contribution in [3.05, 3.63) is 87.2 Å². The molecule has 1 amide bonds. The first kappa shape index (κ1) is 19.7. The van der Waals surface area contributed by atoms with Crippen molar-refractivity contribution in [2.45, 2.75) is 19.8 Å². The third-order valence-corrected chi connectivity index (χ3v) is 5.50. The Morgan fingerprint density at radius 1 is 1.07 bits per heavy atom. The average Bonchev–Trinajstić information content (AvgIpc) is 2.71. The van der Waals surface area contributed by atoms with E-state index in [4.69, 9.17) is 27.9 Å². The fourth-order valence-corrected chi connectivity index (χ4v) is 3.95. The number of nitrogens with zero attached hydrogens (tertiary/aromatic N) is 1. The molecular formula is C23H18Cl2FNO2. The Hall–Kier alpha value is -2.56. The fraction of sp³-hybridized carbons (Fsp3) is 0.174. The summed E-state index contributed by atoms with van der Waals surface area (Å²) in [4.78, 5) is 15.2. The van der Waals surface area contributed by atoms with Crippen LogP contribution in [0.25, 0.3) is 0 Å². The first-order valence-corrected chi connectivity index (χ1v) is 10.0. The van der Waals surface area contributed by atoms with E-state index in [-0.39, 0.29) is 17.2 Å². The highest BCUT2D eigenvalue weighted by Gasteiger charge is 2.27. The third-order valence-electron chi connectivity index (χ3n) is 4.95. The van der Waals surface area contributed by atoms with Gasteiger partial charge >= 0.3 is 0 Å². The monoisotopic (exact) mass is 429 g/mol. The molecule has 3 nitrogen and oxygen atoms in total. The minimum Gasteiger partial charge on any atom is -0.455 e. The SMILES string of the molecule is Cc1cccc2c1N(C(=O)c1cc(F)ccc1Oc1cc(Cl)ccc1Cl)CCC2. The molecule has 1 aliphatic rings. The maximum Gasteiger partial charge on any atom is 0.262 e. The van der Waals surface area contributed by atoms with E-state index >= 15 is 0 Å². The summed E-state index contributed by atoms with van der Waals surface area (Å²) in [7, 11) is 0. The zero-order chi connectivity index (χ0) is 20.5. The van der Waals surface area contributed by atoms with Crippen LogP contribution in [0, 0.1) is 12.7 Å². The summed E-state index contributed by atoms with van der Waals surface area (Å²) in [6.45, 7) is 2.53. The lowest BCUT2D eigenvalue weighted by atomic mass is 9.97. The van der Waals surface area contributed by atoms with Crippen LogP contribution in [-0.2, 0) is 6.42 Å². The fourth-order valence-electron chi connectivity index (χ4n) is 3.63. The van der Waals surface area contributed by atoms with E-state index in [0.29, 0.717) is 22.3 Å². The van der Waals surface area contributed by atoms with Crippen LogP contribution in [0.15, 0.2) is 54.6 Å². The number of rotatable bonds is 3. The molecule has 1 heterocycles. The predicted octanol–water partition coefficient (Wildman–Crippen LogP) is 6.83. The first-order valence-electron chi connectivity index (χ1n) is 9.27. The van der Waals surface area contributed by atoms with Crippen LogP contribution in [-0.4, -0.2) is 12.5 Å². The normalized spacial score (nSPS) is 13.2. The van der Waals surface area contributed by atoms with Crippen LogP contribution < -0.4 is 9.64 Å². The summed E-state index contributed by atoms with van der Waals surface area (Å²) in [6.07, 6.45) is 1.75. The van der Waals surface area contributed by atoms with Crippen LogP contribution in [0.5, 0.6) is 11.5 Å². The number of benzene rings is 3. The van der Waals surface area contributed by atoms with E-state index in [9.17, 15) is 9.18 Å². The Bertz CT molecular complexity index is 1100. The summed E-state index contributed by atoms with van der Waals surface area (Å²) in [5.74, 6) is -0.302. The van der Waals surface area contributed by atoms with Crippen molar-refractivity contribution in [1.82, 2.24) is 0 Å². The molecule has 0 spiro atoms. The lowest BCUT2D eigenvalue weighted by molar-refractivity contribution is 0.0982. The van der Waals surface area contributed by atoms with Crippen molar-refractivity contribution in [3.63, 3.8) is 0 Å². The standard InChI is InChI=1S/C23H18Cl2FNO2/c1-14-4-2-5-15-6-3-11-27(22(14)15)23(28)18-13-17(26)8-10-20(18)29-21-12-16(24)7-9-19(21)25/h2,4-5,7-10,12-13H,3,6,11H2,1H3. The van der Waals surface area contributed by atoms with E-state index in [1.807, 2.05) is 25.1 Å². The number of carbonyl (C=O) groups is 1. The van der Waals surface area contributed by atoms with Crippen molar-refractivity contribution in [2.24, 2.45) is 0 Å². The van der Waals surface area contributed by atoms with Gasteiger partial charge in [0.15, 0.2) is 0 Å². The van der Waals surface area contributed by atoms with Gasteiger partial charge in [-0.1, -0.05) is 41.4 Å². The Balaban J connectivity index is 1.75. The maximum absolute atomic E-state index is 14.1. The van der Waals surface area contributed by atoms with Gasteiger partial charge in [0.1, 0.15) is 17.3 Å². The van der Waals surface area contributed by atoms with E-state index in [2.05, 4.69) is 0 Å². The highest BCUT2D eigenvalue weighted by molar-refractivity contribution is 6.34. The molecule has 0 fully saturated rings. The lowest BCUT2D eigenvalue weighted by Gasteiger charge is -2.31. The van der Waals surface area contributed by atoms with Crippen molar-refractivity contribution in [2.75, 3.05) is 11.4 Å². The van der Waals surface area contributed by atoms with E-state index in [0.717, 1.165) is 29.7 Å². The second kappa shape index (κ2) is 8.05. The Morgan fingerprint density at radius 3 is 2.72 bits per heavy atom. The van der Waals surface area contributed by atoms with Gasteiger partial charge in [0, 0.05) is 17.6 Å². The quantitative estimate of drug-likeness (QED) is 0.456. The van der Waals surface area contributed by atoms with Gasteiger partial charge in [0.2, 0.25) is 0 Å². The van der Waals surface area contributed by atoms with Crippen LogP contribution in [0.1, 0.15) is 27.9 Å². The Morgan fingerprint density at radius 2 is 1.90 bits per heavy atom. The molecular weight excluding hydrogens is 412 g/mol. The molecule has 0 saturated heterocycles. The molecule has 1 aliphatic heterocycles. The van der Waals surface area contributed by atoms with Gasteiger partial charge in [-0.25, -0.2) is 4.39 Å². The molecule has 3 aromatic rings. The smallest absolute Gasteiger partial charge is 0.262 e. The molecule has 29 heavy (non-hydrogen) atoms. The van der Waals surface area contributed by atoms with Crippen molar-refractivity contribution in [3.8, 4) is 11.5 Å². The molecule has 4 rings (SSSR count). The number of aryl methyl sites for hydroxylation is 2. The summed E-state index contributed by atoms with van der Waals surface area (Å²) in [5.41, 5.74) is 3.14. The second-order valence-electron chi connectivity index (χ2n) is 6.96. The molecule has 0 bridgehead atoms. The van der Waals surface area contributed by atoms with Gasteiger partial charge < -0.3 is 9.64 Å². The predicted molar refractivity (Wildman–Crippen MR) is 114 cm³/mol. The highest BCUT2D eigenvalue weighted by Crippen LogP contribution is 2.36. The number of carbonyl (C=O) groups excluding carboxylic acids is 1. The number of fused-ring (bicyclic) bond motifs is 1. The molecule has 0 atom stereocenters. The number of hydrogen-bond acceptors (Lipinski definition) is 2. The Labute approximate surface area is 178 Å². The van der Waals surface area contributed by atoms with Gasteiger partial charge in [-0.05, 0) is 61.2 Å². The number of halogens is 3.